The van der Waals surface area contributed by atoms with Crippen LogP contribution in [0.15, 0.2) is 115 Å². The number of rotatable bonds is 15. The van der Waals surface area contributed by atoms with Crippen LogP contribution in [0, 0.1) is 29.1 Å². The summed E-state index contributed by atoms with van der Waals surface area (Å²) in [4.78, 5) is 2.30. The highest BCUT2D eigenvalue weighted by Crippen LogP contribution is 2.42. The molecule has 1 aliphatic rings. The lowest BCUT2D eigenvalue weighted by atomic mass is 9.69. The van der Waals surface area contributed by atoms with Crippen LogP contribution in [0.5, 0.6) is 0 Å². The Bertz CT molecular complexity index is 1320. The molecule has 2 nitrogen and oxygen atoms in total. The molecule has 0 bridgehead atoms. The first-order chi connectivity index (χ1) is 21.0. The van der Waals surface area contributed by atoms with Gasteiger partial charge in [-0.25, -0.2) is 0 Å². The van der Waals surface area contributed by atoms with Gasteiger partial charge in [0.1, 0.15) is 0 Å². The average molecular weight is 571 g/mol. The van der Waals surface area contributed by atoms with Crippen molar-refractivity contribution in [1.82, 2.24) is 0 Å². The normalized spacial score (nSPS) is 17.6. The molecule has 3 unspecified atom stereocenters. The molecule has 1 fully saturated rings. The third-order valence-corrected chi connectivity index (χ3v) is 9.30. The molecule has 2 heteroatoms. The summed E-state index contributed by atoms with van der Waals surface area (Å²) in [5.41, 5.74) is 7.98. The number of anilines is 3. The van der Waals surface area contributed by atoms with Gasteiger partial charge in [-0.3, -0.25) is 0 Å². The highest BCUT2D eigenvalue weighted by atomic mass is 15.1. The molecule has 224 valence electrons. The number of nitrogens with zero attached hydrogens (tertiary/aromatic N) is 2. The van der Waals surface area contributed by atoms with Gasteiger partial charge in [0.05, 0.1) is 6.07 Å². The largest absolute Gasteiger partial charge is 0.311 e. The summed E-state index contributed by atoms with van der Waals surface area (Å²) in [6, 6.07) is 32.2. The molecule has 43 heavy (non-hydrogen) atoms. The van der Waals surface area contributed by atoms with E-state index in [2.05, 4.69) is 122 Å². The van der Waals surface area contributed by atoms with Gasteiger partial charge in [-0.15, -0.1) is 0 Å². The number of allylic oxidation sites excluding steroid dienone is 4. The predicted molar refractivity (Wildman–Crippen MR) is 186 cm³/mol. The van der Waals surface area contributed by atoms with Crippen LogP contribution in [0.1, 0.15) is 90.0 Å². The van der Waals surface area contributed by atoms with Gasteiger partial charge in [0.15, 0.2) is 0 Å². The molecule has 3 aromatic rings. The van der Waals surface area contributed by atoms with Crippen LogP contribution < -0.4 is 4.90 Å². The SMILES string of the molecule is C=C(CC(=C)C1CCCC(C(CCCC)CCC/C=C(/C)C#N)C1)c1ccc(N(c2ccccc2)c2ccccc2)cc1. The smallest absolute Gasteiger partial charge is 0.0940 e. The van der Waals surface area contributed by atoms with Gasteiger partial charge >= 0.3 is 0 Å². The summed E-state index contributed by atoms with van der Waals surface area (Å²) >= 11 is 0. The summed E-state index contributed by atoms with van der Waals surface area (Å²) in [6.45, 7) is 13.4. The average Bonchev–Trinajstić information content (AvgIpc) is 3.05. The van der Waals surface area contributed by atoms with Crippen LogP contribution in [0.4, 0.5) is 17.1 Å². The van der Waals surface area contributed by atoms with Crippen molar-refractivity contribution in [2.24, 2.45) is 17.8 Å². The Hall–Kier alpha value is -3.83. The van der Waals surface area contributed by atoms with Crippen molar-refractivity contribution >= 4 is 22.6 Å². The van der Waals surface area contributed by atoms with E-state index in [-0.39, 0.29) is 0 Å². The van der Waals surface area contributed by atoms with Gasteiger partial charge in [-0.2, -0.15) is 5.26 Å². The summed E-state index contributed by atoms with van der Waals surface area (Å²) in [5.74, 6) is 2.17. The molecule has 0 radical (unpaired) electrons. The van der Waals surface area contributed by atoms with Gasteiger partial charge in [-0.1, -0.05) is 112 Å². The number of para-hydroxylation sites is 2. The summed E-state index contributed by atoms with van der Waals surface area (Å²) in [5, 5.41) is 9.07. The maximum Gasteiger partial charge on any atom is 0.0940 e. The van der Waals surface area contributed by atoms with Crippen LogP contribution in [0.3, 0.4) is 0 Å². The van der Waals surface area contributed by atoms with E-state index in [0.29, 0.717) is 5.92 Å². The second-order valence-electron chi connectivity index (χ2n) is 12.4. The van der Waals surface area contributed by atoms with Gasteiger partial charge in [0.25, 0.3) is 0 Å². The van der Waals surface area contributed by atoms with Crippen molar-refractivity contribution in [3.8, 4) is 6.07 Å². The van der Waals surface area contributed by atoms with Crippen LogP contribution >= 0.6 is 0 Å². The fourth-order valence-electron chi connectivity index (χ4n) is 6.82. The molecule has 0 amide bonds. The minimum Gasteiger partial charge on any atom is -0.311 e. The van der Waals surface area contributed by atoms with Crippen molar-refractivity contribution < 1.29 is 0 Å². The Balaban J connectivity index is 1.38. The number of benzene rings is 3. The lowest BCUT2D eigenvalue weighted by Gasteiger charge is -2.36. The van der Waals surface area contributed by atoms with Crippen molar-refractivity contribution in [3.63, 3.8) is 0 Å². The lowest BCUT2D eigenvalue weighted by Crippen LogP contribution is -2.24. The van der Waals surface area contributed by atoms with Crippen molar-refractivity contribution in [2.45, 2.75) is 84.5 Å². The molecule has 1 aliphatic carbocycles. The highest BCUT2D eigenvalue weighted by molar-refractivity contribution is 5.77. The highest BCUT2D eigenvalue weighted by Gasteiger charge is 2.29. The first kappa shape index (κ1) is 32.1. The molecule has 0 N–H and O–H groups in total. The van der Waals surface area contributed by atoms with Crippen molar-refractivity contribution in [3.05, 3.63) is 121 Å². The molecule has 0 saturated heterocycles. The zero-order valence-corrected chi connectivity index (χ0v) is 26.5. The third-order valence-electron chi connectivity index (χ3n) is 9.30. The molecule has 3 atom stereocenters. The third kappa shape index (κ3) is 9.33. The molecular weight excluding hydrogens is 520 g/mol. The Morgan fingerprint density at radius 1 is 0.884 bits per heavy atom. The van der Waals surface area contributed by atoms with E-state index in [1.54, 1.807) is 0 Å². The van der Waals surface area contributed by atoms with Crippen LogP contribution in [0.2, 0.25) is 0 Å². The minimum absolute atomic E-state index is 0.589. The quantitative estimate of drug-likeness (QED) is 0.103. The second-order valence-corrected chi connectivity index (χ2v) is 12.4. The molecule has 0 aromatic heterocycles. The first-order valence-electron chi connectivity index (χ1n) is 16.4. The maximum atomic E-state index is 9.07. The molecule has 0 spiro atoms. The van der Waals surface area contributed by atoms with E-state index < -0.39 is 0 Å². The first-order valence-corrected chi connectivity index (χ1v) is 16.4. The molecule has 0 heterocycles. The van der Waals surface area contributed by atoms with Gasteiger partial charge < -0.3 is 4.90 Å². The minimum atomic E-state index is 0.589. The number of hydrogen-bond donors (Lipinski definition) is 0. The summed E-state index contributed by atoms with van der Waals surface area (Å²) in [7, 11) is 0. The number of hydrogen-bond acceptors (Lipinski definition) is 2. The molecule has 4 rings (SSSR count). The Morgan fingerprint density at radius 2 is 1.49 bits per heavy atom. The van der Waals surface area contributed by atoms with Crippen molar-refractivity contribution in [1.29, 1.82) is 5.26 Å². The zero-order valence-electron chi connectivity index (χ0n) is 26.5. The zero-order chi connectivity index (χ0) is 30.4. The van der Waals surface area contributed by atoms with Crippen LogP contribution in [-0.4, -0.2) is 0 Å². The second kappa shape index (κ2) is 16.7. The standard InChI is InChI=1S/C41H50N2/c1-5-6-17-36(18-14-13-16-32(2)31-42)38-20-15-19-37(30-38)34(4)29-33(3)35-25-27-41(28-26-35)43(39-21-9-7-10-22-39)40-23-11-8-12-24-40/h7-12,16,21-28,36-38H,3-6,13-15,17-20,29-30H2,1-2H3/b32-16-. The topological polar surface area (TPSA) is 27.0 Å². The Morgan fingerprint density at radius 3 is 2.09 bits per heavy atom. The lowest BCUT2D eigenvalue weighted by molar-refractivity contribution is 0.188. The molecule has 0 aliphatic heterocycles. The fourth-order valence-corrected chi connectivity index (χ4v) is 6.82. The van der Waals surface area contributed by atoms with E-state index >= 15 is 0 Å². The Labute approximate surface area is 261 Å². The van der Waals surface area contributed by atoms with Gasteiger partial charge in [-0.05, 0) is 111 Å². The number of unbranched alkanes of at least 4 members (excludes halogenated alkanes) is 2. The molecular formula is C41H50N2. The summed E-state index contributed by atoms with van der Waals surface area (Å²) in [6.07, 6.45) is 15.6. The van der Waals surface area contributed by atoms with Crippen LogP contribution in [-0.2, 0) is 0 Å². The van der Waals surface area contributed by atoms with E-state index in [1.165, 1.54) is 68.9 Å². The van der Waals surface area contributed by atoms with Crippen molar-refractivity contribution in [2.75, 3.05) is 4.90 Å². The van der Waals surface area contributed by atoms with E-state index in [0.717, 1.165) is 52.9 Å². The van der Waals surface area contributed by atoms with Gasteiger partial charge in [0, 0.05) is 22.6 Å². The maximum absolute atomic E-state index is 9.07. The predicted octanol–water partition coefficient (Wildman–Crippen LogP) is 12.4. The number of nitriles is 1. The molecule has 1 saturated carbocycles. The van der Waals surface area contributed by atoms with E-state index in [1.807, 2.05) is 6.92 Å². The Kier molecular flexibility index (Phi) is 12.5. The monoisotopic (exact) mass is 570 g/mol. The van der Waals surface area contributed by atoms with E-state index in [9.17, 15) is 0 Å². The molecule has 3 aromatic carbocycles. The van der Waals surface area contributed by atoms with Crippen LogP contribution in [0.25, 0.3) is 5.57 Å². The van der Waals surface area contributed by atoms with Gasteiger partial charge in [0.2, 0.25) is 0 Å². The van der Waals surface area contributed by atoms with E-state index in [4.69, 9.17) is 5.26 Å². The summed E-state index contributed by atoms with van der Waals surface area (Å²) < 4.78 is 0. The fraction of sp³-hybridized carbons (Fsp3) is 0.390.